The van der Waals surface area contributed by atoms with E-state index < -0.39 is 0 Å². The van der Waals surface area contributed by atoms with Crippen molar-refractivity contribution in [2.45, 2.75) is 97.0 Å². The minimum Gasteiger partial charge on any atom is -0.462 e. The molecule has 0 N–H and O–H groups in total. The summed E-state index contributed by atoms with van der Waals surface area (Å²) >= 11 is 0. The number of carbonyl (C=O) groups excluding carboxylic acids is 2. The number of esters is 1. The molecular formula is C27H41NO3. The number of ketones is 1. The van der Waals surface area contributed by atoms with Gasteiger partial charge in [-0.2, -0.15) is 0 Å². The van der Waals surface area contributed by atoms with Gasteiger partial charge in [0.15, 0.2) is 5.78 Å². The summed E-state index contributed by atoms with van der Waals surface area (Å²) in [6.45, 7) is 8.00. The molecule has 5 aliphatic rings. The van der Waals surface area contributed by atoms with Crippen LogP contribution in [0.5, 0.6) is 0 Å². The molecule has 4 nitrogen and oxygen atoms in total. The normalized spacial score (nSPS) is 42.9. The van der Waals surface area contributed by atoms with Crippen molar-refractivity contribution >= 4 is 11.8 Å². The Morgan fingerprint density at radius 1 is 1.03 bits per heavy atom. The van der Waals surface area contributed by atoms with Crippen molar-refractivity contribution in [2.75, 3.05) is 19.6 Å². The molecule has 0 unspecified atom stereocenters. The van der Waals surface area contributed by atoms with E-state index in [0.29, 0.717) is 24.0 Å². The second kappa shape index (κ2) is 8.32. The number of ether oxygens (including phenoxy) is 1. The van der Waals surface area contributed by atoms with Crippen LogP contribution in [0.1, 0.15) is 90.9 Å². The Morgan fingerprint density at radius 2 is 1.84 bits per heavy atom. The van der Waals surface area contributed by atoms with Crippen molar-refractivity contribution in [2.24, 2.45) is 28.6 Å². The maximum Gasteiger partial charge on any atom is 0.307 e. The summed E-state index contributed by atoms with van der Waals surface area (Å²) in [5, 5.41) is 0. The molecule has 0 bridgehead atoms. The molecule has 0 aromatic heterocycles. The van der Waals surface area contributed by atoms with E-state index in [1.54, 1.807) is 0 Å². The fourth-order valence-electron chi connectivity index (χ4n) is 8.35. The molecule has 4 aliphatic carbocycles. The molecule has 4 heteroatoms. The molecule has 0 aromatic rings. The molecule has 31 heavy (non-hydrogen) atoms. The Bertz CT molecular complexity index is 754. The second-order valence-corrected chi connectivity index (χ2v) is 11.7. The van der Waals surface area contributed by atoms with Gasteiger partial charge in [0.05, 0.1) is 6.42 Å². The van der Waals surface area contributed by atoms with Crippen LogP contribution in [-0.2, 0) is 14.3 Å². The summed E-state index contributed by atoms with van der Waals surface area (Å²) in [6.07, 6.45) is 15.2. The Hall–Kier alpha value is -1.16. The molecule has 5 rings (SSSR count). The van der Waals surface area contributed by atoms with Gasteiger partial charge in [0.25, 0.3) is 0 Å². The standard InChI is InChI=1S/C27H41NO3/c1-26-13-10-20(29)18-19(26)6-7-21-22-8-9-24(27(22,2)14-11-23(21)26)31-25(30)12-17-28-15-4-3-5-16-28/h18,21-24H,3-17H2,1-2H3/t21-,22+,23-,24+,26+,27+/m1/s1. The summed E-state index contributed by atoms with van der Waals surface area (Å²) in [7, 11) is 0. The van der Waals surface area contributed by atoms with E-state index in [0.717, 1.165) is 51.2 Å². The Morgan fingerprint density at radius 3 is 2.65 bits per heavy atom. The van der Waals surface area contributed by atoms with Crippen molar-refractivity contribution < 1.29 is 14.3 Å². The van der Waals surface area contributed by atoms with Crippen LogP contribution in [0, 0.1) is 28.6 Å². The minimum absolute atomic E-state index is 0.0196. The first kappa shape index (κ1) is 21.7. The van der Waals surface area contributed by atoms with Crippen LogP contribution >= 0.6 is 0 Å². The maximum atomic E-state index is 12.7. The topological polar surface area (TPSA) is 46.6 Å². The Balaban J connectivity index is 1.23. The molecule has 0 spiro atoms. The minimum atomic E-state index is 0.0196. The lowest BCUT2D eigenvalue weighted by molar-refractivity contribution is -0.160. The van der Waals surface area contributed by atoms with Crippen molar-refractivity contribution in [1.29, 1.82) is 0 Å². The van der Waals surface area contributed by atoms with Crippen LogP contribution in [0.15, 0.2) is 11.6 Å². The third kappa shape index (κ3) is 3.81. The molecule has 1 saturated heterocycles. The van der Waals surface area contributed by atoms with Crippen LogP contribution < -0.4 is 0 Å². The predicted molar refractivity (Wildman–Crippen MR) is 121 cm³/mol. The predicted octanol–water partition coefficient (Wildman–Crippen LogP) is 5.31. The van der Waals surface area contributed by atoms with Gasteiger partial charge in [-0.15, -0.1) is 0 Å². The van der Waals surface area contributed by atoms with Gasteiger partial charge >= 0.3 is 5.97 Å². The van der Waals surface area contributed by atoms with Crippen LogP contribution in [-0.4, -0.2) is 42.4 Å². The Labute approximate surface area is 188 Å². The lowest BCUT2D eigenvalue weighted by Gasteiger charge is -2.57. The monoisotopic (exact) mass is 427 g/mol. The summed E-state index contributed by atoms with van der Waals surface area (Å²) < 4.78 is 6.18. The summed E-state index contributed by atoms with van der Waals surface area (Å²) in [4.78, 5) is 27.2. The van der Waals surface area contributed by atoms with Crippen molar-refractivity contribution in [1.82, 2.24) is 4.90 Å². The van der Waals surface area contributed by atoms with Crippen molar-refractivity contribution in [3.8, 4) is 0 Å². The first-order valence-electron chi connectivity index (χ1n) is 13.1. The van der Waals surface area contributed by atoms with Crippen LogP contribution in [0.4, 0.5) is 0 Å². The average molecular weight is 428 g/mol. The van der Waals surface area contributed by atoms with Crippen LogP contribution in [0.3, 0.4) is 0 Å². The van der Waals surface area contributed by atoms with Crippen LogP contribution in [0.25, 0.3) is 0 Å². The molecule has 4 fully saturated rings. The number of hydrogen-bond donors (Lipinski definition) is 0. The lowest BCUT2D eigenvalue weighted by Crippen LogP contribution is -2.51. The van der Waals surface area contributed by atoms with Gasteiger partial charge in [-0.1, -0.05) is 25.8 Å². The number of hydrogen-bond acceptors (Lipinski definition) is 4. The number of piperidine rings is 1. The molecule has 6 atom stereocenters. The highest BCUT2D eigenvalue weighted by Gasteiger charge is 2.59. The Kier molecular flexibility index (Phi) is 5.82. The van der Waals surface area contributed by atoms with Crippen molar-refractivity contribution in [3.63, 3.8) is 0 Å². The van der Waals surface area contributed by atoms with Gasteiger partial charge in [-0.3, -0.25) is 9.59 Å². The van der Waals surface area contributed by atoms with E-state index in [9.17, 15) is 9.59 Å². The zero-order chi connectivity index (χ0) is 21.6. The summed E-state index contributed by atoms with van der Waals surface area (Å²) in [6, 6.07) is 0. The highest BCUT2D eigenvalue weighted by molar-refractivity contribution is 5.91. The van der Waals surface area contributed by atoms with Gasteiger partial charge in [-0.05, 0) is 100 Å². The molecule has 0 aromatic carbocycles. The fourth-order valence-corrected chi connectivity index (χ4v) is 8.35. The highest BCUT2D eigenvalue weighted by atomic mass is 16.5. The number of carbonyl (C=O) groups is 2. The lowest BCUT2D eigenvalue weighted by atomic mass is 9.47. The van der Waals surface area contributed by atoms with Gasteiger partial charge in [0.2, 0.25) is 0 Å². The van der Waals surface area contributed by atoms with Gasteiger partial charge in [-0.25, -0.2) is 0 Å². The largest absolute Gasteiger partial charge is 0.462 e. The highest BCUT2D eigenvalue weighted by Crippen LogP contribution is 2.65. The molecule has 0 radical (unpaired) electrons. The van der Waals surface area contributed by atoms with E-state index in [1.807, 2.05) is 6.08 Å². The number of allylic oxidation sites excluding steroid dienone is 1. The van der Waals surface area contributed by atoms with E-state index in [1.165, 1.54) is 50.5 Å². The quantitative estimate of drug-likeness (QED) is 0.571. The third-order valence-corrected chi connectivity index (χ3v) is 10.2. The first-order chi connectivity index (χ1) is 14.9. The average Bonchev–Trinajstić information content (AvgIpc) is 3.10. The zero-order valence-corrected chi connectivity index (χ0v) is 19.7. The van der Waals surface area contributed by atoms with E-state index in [-0.39, 0.29) is 22.9 Å². The van der Waals surface area contributed by atoms with Gasteiger partial charge in [0.1, 0.15) is 6.10 Å². The van der Waals surface area contributed by atoms with Gasteiger partial charge in [0, 0.05) is 18.4 Å². The fraction of sp³-hybridized carbons (Fsp3) is 0.852. The van der Waals surface area contributed by atoms with Crippen molar-refractivity contribution in [3.05, 3.63) is 11.6 Å². The molecule has 3 saturated carbocycles. The zero-order valence-electron chi connectivity index (χ0n) is 19.7. The molecule has 172 valence electrons. The van der Waals surface area contributed by atoms with E-state index >= 15 is 0 Å². The third-order valence-electron chi connectivity index (χ3n) is 10.2. The van der Waals surface area contributed by atoms with Crippen LogP contribution in [0.2, 0.25) is 0 Å². The smallest absolute Gasteiger partial charge is 0.307 e. The number of likely N-dealkylation sites (tertiary alicyclic amines) is 1. The number of rotatable bonds is 4. The summed E-state index contributed by atoms with van der Waals surface area (Å²) in [5.74, 6) is 2.45. The number of fused-ring (bicyclic) bond motifs is 5. The molecular weight excluding hydrogens is 386 g/mol. The first-order valence-corrected chi connectivity index (χ1v) is 13.1. The SMILES string of the molecule is C[C@]12CC[C@@H]3[C@H](CCC4=CC(=O)CC[C@@]43C)[C@@H]1CC[C@@H]2OC(=O)CCN1CCCCC1. The maximum absolute atomic E-state index is 12.7. The molecule has 0 amide bonds. The number of nitrogens with zero attached hydrogens (tertiary/aromatic N) is 1. The molecule has 1 heterocycles. The second-order valence-electron chi connectivity index (χ2n) is 11.7. The van der Waals surface area contributed by atoms with E-state index in [4.69, 9.17) is 4.74 Å². The molecule has 1 aliphatic heterocycles. The summed E-state index contributed by atoms with van der Waals surface area (Å²) in [5.41, 5.74) is 1.80. The van der Waals surface area contributed by atoms with E-state index in [2.05, 4.69) is 18.7 Å². The van der Waals surface area contributed by atoms with Gasteiger partial charge < -0.3 is 9.64 Å².